The second kappa shape index (κ2) is 9.00. The molecule has 1 aromatic carbocycles. The second-order valence-corrected chi connectivity index (χ2v) is 6.96. The minimum Gasteiger partial charge on any atom is -0.313 e. The highest BCUT2D eigenvalue weighted by atomic mass is 79.9. The minimum atomic E-state index is 0.786. The Morgan fingerprint density at radius 2 is 2.11 bits per heavy atom. The number of benzene rings is 1. The Balaban J connectivity index is 2.46. The van der Waals surface area contributed by atoms with Gasteiger partial charge in [-0.2, -0.15) is 0 Å². The fourth-order valence-electron chi connectivity index (χ4n) is 1.59. The van der Waals surface area contributed by atoms with E-state index >= 15 is 0 Å². The van der Waals surface area contributed by atoms with Gasteiger partial charge in [0.25, 0.3) is 0 Å². The summed E-state index contributed by atoms with van der Waals surface area (Å²) in [7, 11) is 0. The van der Waals surface area contributed by atoms with Gasteiger partial charge in [0.15, 0.2) is 0 Å². The Morgan fingerprint density at radius 1 is 1.33 bits per heavy atom. The molecule has 0 unspecified atom stereocenters. The van der Waals surface area contributed by atoms with Gasteiger partial charge in [0.1, 0.15) is 0 Å². The van der Waals surface area contributed by atoms with E-state index in [9.17, 15) is 0 Å². The molecule has 0 amide bonds. The lowest BCUT2D eigenvalue weighted by Crippen LogP contribution is -2.13. The van der Waals surface area contributed by atoms with Gasteiger partial charge in [-0.1, -0.05) is 26.8 Å². The molecule has 0 bridgehead atoms. The number of hydrogen-bond acceptors (Lipinski definition) is 2. The van der Waals surface area contributed by atoms with Crippen LogP contribution in [0, 0.1) is 5.92 Å². The molecule has 0 atom stereocenters. The van der Waals surface area contributed by atoms with Crippen molar-refractivity contribution in [1.82, 2.24) is 5.32 Å². The molecule has 1 rings (SSSR count). The first-order valence-electron chi connectivity index (χ1n) is 6.75. The van der Waals surface area contributed by atoms with Crippen LogP contribution in [0.15, 0.2) is 27.6 Å². The van der Waals surface area contributed by atoms with Crippen LogP contribution in [-0.2, 0) is 6.54 Å². The maximum atomic E-state index is 3.67. The molecule has 0 heterocycles. The predicted molar refractivity (Wildman–Crippen MR) is 86.3 cm³/mol. The molecule has 0 aliphatic carbocycles. The van der Waals surface area contributed by atoms with Crippen molar-refractivity contribution >= 4 is 27.7 Å². The van der Waals surface area contributed by atoms with Crippen LogP contribution in [0.1, 0.15) is 39.2 Å². The lowest BCUT2D eigenvalue weighted by Gasteiger charge is -2.09. The Bertz CT molecular complexity index is 352. The molecule has 0 fully saturated rings. The highest BCUT2D eigenvalue weighted by molar-refractivity contribution is 9.10. The molecule has 0 aliphatic rings. The van der Waals surface area contributed by atoms with Crippen LogP contribution >= 0.6 is 27.7 Å². The van der Waals surface area contributed by atoms with Crippen LogP contribution in [0.3, 0.4) is 0 Å². The standard InChI is InChI=1S/C15H24BrNS/c1-4-8-17-11-13-5-6-15(14(16)10-13)18-9-7-12(2)3/h5-6,10,12,17H,4,7-9,11H2,1-3H3. The van der Waals surface area contributed by atoms with Gasteiger partial charge in [0, 0.05) is 15.9 Å². The molecule has 0 spiro atoms. The highest BCUT2D eigenvalue weighted by Crippen LogP contribution is 2.29. The van der Waals surface area contributed by atoms with E-state index in [2.05, 4.69) is 60.2 Å². The van der Waals surface area contributed by atoms with Gasteiger partial charge in [0.2, 0.25) is 0 Å². The maximum absolute atomic E-state index is 3.67. The Labute approximate surface area is 124 Å². The van der Waals surface area contributed by atoms with Crippen LogP contribution in [-0.4, -0.2) is 12.3 Å². The number of hydrogen-bond donors (Lipinski definition) is 1. The average Bonchev–Trinajstić information content (AvgIpc) is 2.32. The van der Waals surface area contributed by atoms with E-state index < -0.39 is 0 Å². The van der Waals surface area contributed by atoms with E-state index in [1.54, 1.807) is 0 Å². The Hall–Kier alpha value is 0.01000. The topological polar surface area (TPSA) is 12.0 Å². The third kappa shape index (κ3) is 6.26. The van der Waals surface area contributed by atoms with E-state index in [0.29, 0.717) is 0 Å². The summed E-state index contributed by atoms with van der Waals surface area (Å²) in [5.74, 6) is 1.98. The van der Waals surface area contributed by atoms with Gasteiger partial charge < -0.3 is 5.32 Å². The highest BCUT2D eigenvalue weighted by Gasteiger charge is 2.03. The zero-order chi connectivity index (χ0) is 13.4. The maximum Gasteiger partial charge on any atom is 0.0314 e. The molecular formula is C15H24BrNS. The molecule has 3 heteroatoms. The number of rotatable bonds is 8. The van der Waals surface area contributed by atoms with Crippen molar-refractivity contribution in [3.05, 3.63) is 28.2 Å². The summed E-state index contributed by atoms with van der Waals surface area (Å²) < 4.78 is 1.23. The predicted octanol–water partition coefficient (Wildman–Crippen LogP) is 5.09. The molecule has 0 saturated carbocycles. The van der Waals surface area contributed by atoms with Crippen molar-refractivity contribution < 1.29 is 0 Å². The lowest BCUT2D eigenvalue weighted by molar-refractivity contribution is 0.632. The van der Waals surface area contributed by atoms with Crippen molar-refractivity contribution in [1.29, 1.82) is 0 Å². The van der Waals surface area contributed by atoms with Gasteiger partial charge in [-0.15, -0.1) is 11.8 Å². The van der Waals surface area contributed by atoms with Gasteiger partial charge in [-0.3, -0.25) is 0 Å². The van der Waals surface area contributed by atoms with Crippen molar-refractivity contribution in [2.24, 2.45) is 5.92 Å². The fourth-order valence-corrected chi connectivity index (χ4v) is 3.53. The van der Waals surface area contributed by atoms with Crippen molar-refractivity contribution in [3.8, 4) is 0 Å². The summed E-state index contributed by atoms with van der Waals surface area (Å²) in [5.41, 5.74) is 1.35. The zero-order valence-corrected chi connectivity index (χ0v) is 14.0. The summed E-state index contributed by atoms with van der Waals surface area (Å²) in [6.07, 6.45) is 2.46. The molecule has 0 saturated heterocycles. The molecule has 18 heavy (non-hydrogen) atoms. The summed E-state index contributed by atoms with van der Waals surface area (Å²) in [4.78, 5) is 1.36. The van der Waals surface area contributed by atoms with E-state index in [1.165, 1.54) is 33.5 Å². The Morgan fingerprint density at radius 3 is 2.72 bits per heavy atom. The SMILES string of the molecule is CCCNCc1ccc(SCCC(C)C)c(Br)c1. The summed E-state index contributed by atoms with van der Waals surface area (Å²) in [6.45, 7) is 8.79. The minimum absolute atomic E-state index is 0.786. The zero-order valence-electron chi connectivity index (χ0n) is 11.6. The van der Waals surface area contributed by atoms with Gasteiger partial charge in [-0.25, -0.2) is 0 Å². The van der Waals surface area contributed by atoms with Gasteiger partial charge in [0.05, 0.1) is 0 Å². The molecule has 1 nitrogen and oxygen atoms in total. The number of halogens is 1. The van der Waals surface area contributed by atoms with Crippen LogP contribution in [0.5, 0.6) is 0 Å². The van der Waals surface area contributed by atoms with Crippen LogP contribution in [0.4, 0.5) is 0 Å². The number of nitrogens with one attached hydrogen (secondary N) is 1. The normalized spacial score (nSPS) is 11.2. The monoisotopic (exact) mass is 329 g/mol. The molecule has 0 aliphatic heterocycles. The third-order valence-electron chi connectivity index (χ3n) is 2.70. The molecular weight excluding hydrogens is 306 g/mol. The fraction of sp³-hybridized carbons (Fsp3) is 0.600. The van der Waals surface area contributed by atoms with Crippen LogP contribution in [0.25, 0.3) is 0 Å². The summed E-state index contributed by atoms with van der Waals surface area (Å²) in [6, 6.07) is 6.70. The molecule has 1 aromatic rings. The van der Waals surface area contributed by atoms with E-state index in [4.69, 9.17) is 0 Å². The van der Waals surface area contributed by atoms with Crippen molar-refractivity contribution in [2.45, 2.75) is 45.1 Å². The average molecular weight is 330 g/mol. The van der Waals surface area contributed by atoms with Crippen LogP contribution in [0.2, 0.25) is 0 Å². The molecule has 0 aromatic heterocycles. The van der Waals surface area contributed by atoms with E-state index in [-0.39, 0.29) is 0 Å². The van der Waals surface area contributed by atoms with E-state index in [0.717, 1.165) is 19.0 Å². The third-order valence-corrected chi connectivity index (χ3v) is 4.73. The van der Waals surface area contributed by atoms with Crippen molar-refractivity contribution in [3.63, 3.8) is 0 Å². The van der Waals surface area contributed by atoms with Crippen molar-refractivity contribution in [2.75, 3.05) is 12.3 Å². The van der Waals surface area contributed by atoms with Gasteiger partial charge >= 0.3 is 0 Å². The largest absolute Gasteiger partial charge is 0.313 e. The first-order valence-corrected chi connectivity index (χ1v) is 8.53. The smallest absolute Gasteiger partial charge is 0.0314 e. The lowest BCUT2D eigenvalue weighted by atomic mass is 10.2. The van der Waals surface area contributed by atoms with Gasteiger partial charge in [-0.05, 0) is 64.7 Å². The molecule has 0 radical (unpaired) electrons. The number of thioether (sulfide) groups is 1. The summed E-state index contributed by atoms with van der Waals surface area (Å²) in [5, 5.41) is 3.43. The molecule has 1 N–H and O–H groups in total. The van der Waals surface area contributed by atoms with Crippen LogP contribution < -0.4 is 5.32 Å². The molecule has 102 valence electrons. The second-order valence-electron chi connectivity index (χ2n) is 4.97. The first kappa shape index (κ1) is 16.1. The van der Waals surface area contributed by atoms with E-state index in [1.807, 2.05) is 11.8 Å². The first-order chi connectivity index (χ1) is 8.63. The Kier molecular flexibility index (Phi) is 8.03. The summed E-state index contributed by atoms with van der Waals surface area (Å²) >= 11 is 5.62. The quantitative estimate of drug-likeness (QED) is 0.526.